The zero-order valence-corrected chi connectivity index (χ0v) is 15.8. The fourth-order valence-corrected chi connectivity index (χ4v) is 3.22. The maximum absolute atomic E-state index is 12.5. The Morgan fingerprint density at radius 1 is 1.04 bits per heavy atom. The van der Waals surface area contributed by atoms with Crippen molar-refractivity contribution in [2.45, 2.75) is 40.5 Å². The number of hydrogen-bond acceptors (Lipinski definition) is 2. The van der Waals surface area contributed by atoms with Crippen molar-refractivity contribution in [2.24, 2.45) is 0 Å². The Kier molecular flexibility index (Phi) is 5.21. The third-order valence-corrected chi connectivity index (χ3v) is 4.68. The van der Waals surface area contributed by atoms with Crippen LogP contribution in [0.2, 0.25) is 0 Å². The van der Waals surface area contributed by atoms with Crippen molar-refractivity contribution in [3.05, 3.63) is 76.6 Å². The highest BCUT2D eigenvalue weighted by Crippen LogP contribution is 2.23. The van der Waals surface area contributed by atoms with Crippen molar-refractivity contribution < 1.29 is 4.79 Å². The molecule has 0 atom stereocenters. The Labute approximate surface area is 154 Å². The minimum atomic E-state index is 0.0174. The van der Waals surface area contributed by atoms with E-state index < -0.39 is 0 Å². The third kappa shape index (κ3) is 3.85. The molecule has 4 nitrogen and oxygen atoms in total. The number of aryl methyl sites for hydroxylation is 4. The van der Waals surface area contributed by atoms with E-state index in [0.29, 0.717) is 6.42 Å². The van der Waals surface area contributed by atoms with Gasteiger partial charge in [-0.1, -0.05) is 42.0 Å². The lowest BCUT2D eigenvalue weighted by atomic mass is 10.0. The van der Waals surface area contributed by atoms with Crippen molar-refractivity contribution in [1.29, 1.82) is 0 Å². The van der Waals surface area contributed by atoms with E-state index in [1.807, 2.05) is 48.9 Å². The summed E-state index contributed by atoms with van der Waals surface area (Å²) >= 11 is 0. The molecule has 2 aromatic carbocycles. The zero-order valence-electron chi connectivity index (χ0n) is 15.8. The molecule has 0 spiro atoms. The summed E-state index contributed by atoms with van der Waals surface area (Å²) in [4.78, 5) is 12.5. The molecule has 0 aliphatic heterocycles. The average molecular weight is 347 g/mol. The lowest BCUT2D eigenvalue weighted by molar-refractivity contribution is -0.116. The number of amides is 1. The molecule has 1 heterocycles. The molecular weight excluding hydrogens is 322 g/mol. The van der Waals surface area contributed by atoms with Gasteiger partial charge in [0.2, 0.25) is 5.91 Å². The van der Waals surface area contributed by atoms with Gasteiger partial charge in [-0.05, 0) is 57.4 Å². The van der Waals surface area contributed by atoms with E-state index in [2.05, 4.69) is 42.5 Å². The van der Waals surface area contributed by atoms with E-state index in [-0.39, 0.29) is 5.91 Å². The highest BCUT2D eigenvalue weighted by molar-refractivity contribution is 5.92. The quantitative estimate of drug-likeness (QED) is 0.728. The number of nitrogens with zero attached hydrogens (tertiary/aromatic N) is 2. The summed E-state index contributed by atoms with van der Waals surface area (Å²) in [6.07, 6.45) is 1.20. The number of nitrogens with one attached hydrogen (secondary N) is 1. The van der Waals surface area contributed by atoms with Gasteiger partial charge in [0.15, 0.2) is 0 Å². The number of carbonyl (C=O) groups is 1. The van der Waals surface area contributed by atoms with Gasteiger partial charge in [-0.15, -0.1) is 0 Å². The normalized spacial score (nSPS) is 10.8. The maximum Gasteiger partial charge on any atom is 0.224 e. The number of anilines is 1. The van der Waals surface area contributed by atoms with Gasteiger partial charge in [0.1, 0.15) is 0 Å². The van der Waals surface area contributed by atoms with Gasteiger partial charge in [-0.3, -0.25) is 4.79 Å². The van der Waals surface area contributed by atoms with E-state index in [0.717, 1.165) is 29.2 Å². The van der Waals surface area contributed by atoms with Crippen LogP contribution in [0, 0.1) is 27.7 Å². The van der Waals surface area contributed by atoms with E-state index in [4.69, 9.17) is 0 Å². The van der Waals surface area contributed by atoms with E-state index >= 15 is 0 Å². The summed E-state index contributed by atoms with van der Waals surface area (Å²) in [5, 5.41) is 7.62. The number of rotatable bonds is 5. The zero-order chi connectivity index (χ0) is 18.7. The molecule has 4 heteroatoms. The summed E-state index contributed by atoms with van der Waals surface area (Å²) in [5.41, 5.74) is 7.26. The van der Waals surface area contributed by atoms with Gasteiger partial charge in [0.05, 0.1) is 22.8 Å². The second kappa shape index (κ2) is 7.56. The third-order valence-electron chi connectivity index (χ3n) is 4.68. The molecule has 3 rings (SSSR count). The summed E-state index contributed by atoms with van der Waals surface area (Å²) in [6, 6.07) is 16.3. The van der Waals surface area contributed by atoms with Gasteiger partial charge >= 0.3 is 0 Å². The van der Waals surface area contributed by atoms with Crippen molar-refractivity contribution in [3.8, 4) is 5.69 Å². The van der Waals surface area contributed by atoms with Gasteiger partial charge < -0.3 is 5.32 Å². The monoisotopic (exact) mass is 347 g/mol. The van der Waals surface area contributed by atoms with Crippen LogP contribution in [0.15, 0.2) is 48.5 Å². The molecule has 0 bridgehead atoms. The summed E-state index contributed by atoms with van der Waals surface area (Å²) < 4.78 is 1.87. The first-order valence-electron chi connectivity index (χ1n) is 8.93. The number of carbonyl (C=O) groups excluding carboxylic acids is 1. The molecule has 1 amide bonds. The van der Waals surface area contributed by atoms with Crippen LogP contribution in [0.4, 0.5) is 5.69 Å². The first kappa shape index (κ1) is 17.9. The predicted molar refractivity (Wildman–Crippen MR) is 106 cm³/mol. The first-order chi connectivity index (χ1) is 12.5. The lowest BCUT2D eigenvalue weighted by Gasteiger charge is -2.09. The van der Waals surface area contributed by atoms with Gasteiger partial charge in [0.25, 0.3) is 0 Å². The molecule has 3 aromatic rings. The molecule has 0 aliphatic rings. The van der Waals surface area contributed by atoms with Gasteiger partial charge in [-0.2, -0.15) is 5.10 Å². The van der Waals surface area contributed by atoms with Crippen LogP contribution < -0.4 is 5.32 Å². The molecule has 0 saturated heterocycles. The SMILES string of the molecule is Cc1ccc(CCC(=O)Nc2c(C)nn(-c3ccccc3)c2C)c(C)c1. The van der Waals surface area contributed by atoms with Crippen LogP contribution in [-0.2, 0) is 11.2 Å². The molecule has 0 aliphatic carbocycles. The van der Waals surface area contributed by atoms with Crippen molar-refractivity contribution in [2.75, 3.05) is 5.32 Å². The maximum atomic E-state index is 12.5. The van der Waals surface area contributed by atoms with Crippen LogP contribution in [0.25, 0.3) is 5.69 Å². The largest absolute Gasteiger partial charge is 0.323 e. The predicted octanol–water partition coefficient (Wildman–Crippen LogP) is 4.68. The molecule has 0 radical (unpaired) electrons. The molecule has 1 aromatic heterocycles. The number of aromatic nitrogens is 2. The smallest absolute Gasteiger partial charge is 0.224 e. The van der Waals surface area contributed by atoms with Crippen LogP contribution in [0.3, 0.4) is 0 Å². The van der Waals surface area contributed by atoms with Crippen LogP contribution in [0.1, 0.15) is 34.5 Å². The van der Waals surface area contributed by atoms with E-state index in [9.17, 15) is 4.79 Å². The highest BCUT2D eigenvalue weighted by Gasteiger charge is 2.15. The second-order valence-corrected chi connectivity index (χ2v) is 6.77. The number of hydrogen-bond donors (Lipinski definition) is 1. The second-order valence-electron chi connectivity index (χ2n) is 6.77. The van der Waals surface area contributed by atoms with Crippen molar-refractivity contribution in [3.63, 3.8) is 0 Å². The summed E-state index contributed by atoms with van der Waals surface area (Å²) in [6.45, 7) is 8.08. The van der Waals surface area contributed by atoms with Gasteiger partial charge in [0, 0.05) is 6.42 Å². The molecular formula is C22H25N3O. The Bertz CT molecular complexity index is 926. The fourth-order valence-electron chi connectivity index (χ4n) is 3.22. The Balaban J connectivity index is 1.71. The van der Waals surface area contributed by atoms with Crippen LogP contribution >= 0.6 is 0 Å². The average Bonchev–Trinajstić information content (AvgIpc) is 2.90. The Morgan fingerprint density at radius 2 is 1.77 bits per heavy atom. The number of benzene rings is 2. The molecule has 1 N–H and O–H groups in total. The minimum Gasteiger partial charge on any atom is -0.323 e. The summed E-state index contributed by atoms with van der Waals surface area (Å²) in [5.74, 6) is 0.0174. The molecule has 0 fully saturated rings. The van der Waals surface area contributed by atoms with E-state index in [1.165, 1.54) is 16.7 Å². The molecule has 0 unspecified atom stereocenters. The molecule has 26 heavy (non-hydrogen) atoms. The molecule has 134 valence electrons. The Hall–Kier alpha value is -2.88. The minimum absolute atomic E-state index is 0.0174. The highest BCUT2D eigenvalue weighted by atomic mass is 16.1. The van der Waals surface area contributed by atoms with Gasteiger partial charge in [-0.25, -0.2) is 4.68 Å². The topological polar surface area (TPSA) is 46.9 Å². The van der Waals surface area contributed by atoms with Crippen LogP contribution in [-0.4, -0.2) is 15.7 Å². The standard InChI is InChI=1S/C22H25N3O/c1-15-10-11-19(16(2)14-15)12-13-21(26)23-22-17(3)24-25(18(22)4)20-8-6-5-7-9-20/h5-11,14H,12-13H2,1-4H3,(H,23,26). The van der Waals surface area contributed by atoms with E-state index in [1.54, 1.807) is 0 Å². The lowest BCUT2D eigenvalue weighted by Crippen LogP contribution is -2.14. The number of para-hydroxylation sites is 1. The summed E-state index contributed by atoms with van der Waals surface area (Å²) in [7, 11) is 0. The van der Waals surface area contributed by atoms with Crippen molar-refractivity contribution >= 4 is 11.6 Å². The Morgan fingerprint density at radius 3 is 2.46 bits per heavy atom. The van der Waals surface area contributed by atoms with Crippen molar-refractivity contribution in [1.82, 2.24) is 9.78 Å². The molecule has 0 saturated carbocycles. The fraction of sp³-hybridized carbons (Fsp3) is 0.273. The van der Waals surface area contributed by atoms with Crippen LogP contribution in [0.5, 0.6) is 0 Å². The first-order valence-corrected chi connectivity index (χ1v) is 8.93.